The van der Waals surface area contributed by atoms with Crippen LogP contribution in [-0.4, -0.2) is 24.1 Å². The predicted molar refractivity (Wildman–Crippen MR) is 66.7 cm³/mol. The zero-order chi connectivity index (χ0) is 13.9. The van der Waals surface area contributed by atoms with Gasteiger partial charge in [-0.05, 0) is 31.0 Å². The fraction of sp³-hybridized carbons (Fsp3) is 0.385. The summed E-state index contributed by atoms with van der Waals surface area (Å²) in [6.07, 6.45) is 0. The molecule has 0 aliphatic heterocycles. The highest BCUT2D eigenvalue weighted by Crippen LogP contribution is 2.30. The zero-order valence-electron chi connectivity index (χ0n) is 10.9. The van der Waals surface area contributed by atoms with E-state index < -0.39 is 17.9 Å². The number of hydrogen-bond acceptors (Lipinski definition) is 3. The second-order valence-corrected chi connectivity index (χ2v) is 4.17. The van der Waals surface area contributed by atoms with Crippen molar-refractivity contribution >= 4 is 11.9 Å². The van der Waals surface area contributed by atoms with E-state index in [9.17, 15) is 14.7 Å². The molecule has 1 aromatic carbocycles. The van der Waals surface area contributed by atoms with Gasteiger partial charge in [0.15, 0.2) is 6.04 Å². The number of aryl methyl sites for hydroxylation is 2. The fourth-order valence-electron chi connectivity index (χ4n) is 1.94. The van der Waals surface area contributed by atoms with Crippen molar-refractivity contribution in [3.63, 3.8) is 0 Å². The number of aliphatic carboxylic acids is 1. The van der Waals surface area contributed by atoms with Crippen molar-refractivity contribution in [3.8, 4) is 5.75 Å². The van der Waals surface area contributed by atoms with Crippen molar-refractivity contribution in [2.24, 2.45) is 0 Å². The van der Waals surface area contributed by atoms with Gasteiger partial charge in [-0.3, -0.25) is 4.79 Å². The maximum atomic E-state index is 11.3. The number of rotatable bonds is 4. The van der Waals surface area contributed by atoms with Gasteiger partial charge < -0.3 is 15.2 Å². The minimum Gasteiger partial charge on any atom is -0.496 e. The van der Waals surface area contributed by atoms with E-state index in [1.165, 1.54) is 14.0 Å². The summed E-state index contributed by atoms with van der Waals surface area (Å²) >= 11 is 0. The van der Waals surface area contributed by atoms with Crippen LogP contribution in [0.5, 0.6) is 5.75 Å². The van der Waals surface area contributed by atoms with E-state index in [0.29, 0.717) is 11.3 Å². The van der Waals surface area contributed by atoms with Crippen LogP contribution in [0.25, 0.3) is 0 Å². The Hall–Kier alpha value is -2.04. The van der Waals surface area contributed by atoms with Gasteiger partial charge in [0.25, 0.3) is 0 Å². The Morgan fingerprint density at radius 1 is 1.33 bits per heavy atom. The van der Waals surface area contributed by atoms with Crippen molar-refractivity contribution in [3.05, 3.63) is 28.8 Å². The Morgan fingerprint density at radius 3 is 2.39 bits per heavy atom. The molecule has 1 unspecified atom stereocenters. The first-order valence-electron chi connectivity index (χ1n) is 5.51. The molecule has 0 heterocycles. The van der Waals surface area contributed by atoms with Crippen LogP contribution < -0.4 is 10.1 Å². The van der Waals surface area contributed by atoms with Gasteiger partial charge in [-0.1, -0.05) is 6.07 Å². The van der Waals surface area contributed by atoms with Gasteiger partial charge in [0.05, 0.1) is 7.11 Å². The summed E-state index contributed by atoms with van der Waals surface area (Å²) < 4.78 is 5.21. The SMILES string of the molecule is COc1cc(C)cc(C)c1C(NC(C)=O)C(=O)O. The van der Waals surface area contributed by atoms with Gasteiger partial charge in [0.1, 0.15) is 5.75 Å². The van der Waals surface area contributed by atoms with Crippen LogP contribution in [0.15, 0.2) is 12.1 Å². The van der Waals surface area contributed by atoms with E-state index in [1.54, 1.807) is 13.0 Å². The number of methoxy groups -OCH3 is 1. The van der Waals surface area contributed by atoms with E-state index in [4.69, 9.17) is 4.74 Å². The molecule has 1 rings (SSSR count). The summed E-state index contributed by atoms with van der Waals surface area (Å²) in [6.45, 7) is 4.97. The van der Waals surface area contributed by atoms with Crippen molar-refractivity contribution in [2.45, 2.75) is 26.8 Å². The van der Waals surface area contributed by atoms with E-state index >= 15 is 0 Å². The molecule has 1 amide bonds. The topological polar surface area (TPSA) is 75.6 Å². The molecular weight excluding hydrogens is 234 g/mol. The number of ether oxygens (including phenoxy) is 1. The number of hydrogen-bond donors (Lipinski definition) is 2. The lowest BCUT2D eigenvalue weighted by atomic mass is 9.97. The number of carboxylic acid groups (broad SMARTS) is 1. The number of carbonyl (C=O) groups excluding carboxylic acids is 1. The van der Waals surface area contributed by atoms with Crippen LogP contribution in [0.1, 0.15) is 29.7 Å². The largest absolute Gasteiger partial charge is 0.496 e. The summed E-state index contributed by atoms with van der Waals surface area (Å²) in [4.78, 5) is 22.4. The number of nitrogens with one attached hydrogen (secondary N) is 1. The molecule has 5 nitrogen and oxygen atoms in total. The van der Waals surface area contributed by atoms with Gasteiger partial charge in [0.2, 0.25) is 5.91 Å². The molecule has 0 saturated heterocycles. The lowest BCUT2D eigenvalue weighted by Gasteiger charge is -2.19. The number of carbonyl (C=O) groups is 2. The second-order valence-electron chi connectivity index (χ2n) is 4.17. The van der Waals surface area contributed by atoms with Crippen molar-refractivity contribution < 1.29 is 19.4 Å². The van der Waals surface area contributed by atoms with Crippen LogP contribution in [0.3, 0.4) is 0 Å². The Bertz CT molecular complexity index is 482. The van der Waals surface area contributed by atoms with E-state index in [0.717, 1.165) is 11.1 Å². The van der Waals surface area contributed by atoms with Crippen molar-refractivity contribution in [1.29, 1.82) is 0 Å². The monoisotopic (exact) mass is 251 g/mol. The van der Waals surface area contributed by atoms with Gasteiger partial charge in [0, 0.05) is 12.5 Å². The molecule has 1 aromatic rings. The maximum Gasteiger partial charge on any atom is 0.331 e. The third-order valence-electron chi connectivity index (χ3n) is 2.60. The molecule has 18 heavy (non-hydrogen) atoms. The molecule has 5 heteroatoms. The van der Waals surface area contributed by atoms with Crippen LogP contribution in [0, 0.1) is 13.8 Å². The first-order chi connectivity index (χ1) is 8.36. The highest BCUT2D eigenvalue weighted by Gasteiger charge is 2.26. The molecule has 0 saturated carbocycles. The Kier molecular flexibility index (Phi) is 4.31. The minimum absolute atomic E-state index is 0.399. The molecule has 0 bridgehead atoms. The normalized spacial score (nSPS) is 11.8. The zero-order valence-corrected chi connectivity index (χ0v) is 10.9. The highest BCUT2D eigenvalue weighted by molar-refractivity contribution is 5.84. The third kappa shape index (κ3) is 3.00. The third-order valence-corrected chi connectivity index (χ3v) is 2.60. The molecule has 0 fully saturated rings. The standard InChI is InChI=1S/C13H17NO4/c1-7-5-8(2)11(10(6-7)18-4)12(13(16)17)14-9(3)15/h5-6,12H,1-4H3,(H,14,15)(H,16,17). The average Bonchev–Trinajstić information content (AvgIpc) is 2.25. The summed E-state index contributed by atoms with van der Waals surface area (Å²) in [5.41, 5.74) is 2.22. The number of amides is 1. The molecule has 98 valence electrons. The quantitative estimate of drug-likeness (QED) is 0.851. The molecule has 0 aromatic heterocycles. The van der Waals surface area contributed by atoms with Gasteiger partial charge >= 0.3 is 5.97 Å². The minimum atomic E-state index is -1.12. The number of carboxylic acids is 1. The van der Waals surface area contributed by atoms with Crippen LogP contribution in [-0.2, 0) is 9.59 Å². The van der Waals surface area contributed by atoms with E-state index in [-0.39, 0.29) is 0 Å². The molecule has 1 atom stereocenters. The van der Waals surface area contributed by atoms with Crippen LogP contribution in [0.2, 0.25) is 0 Å². The molecular formula is C13H17NO4. The Balaban J connectivity index is 3.35. The van der Waals surface area contributed by atoms with E-state index in [1.807, 2.05) is 13.0 Å². The van der Waals surface area contributed by atoms with Crippen LogP contribution >= 0.6 is 0 Å². The van der Waals surface area contributed by atoms with Crippen LogP contribution in [0.4, 0.5) is 0 Å². The molecule has 2 N–H and O–H groups in total. The average molecular weight is 251 g/mol. The van der Waals surface area contributed by atoms with Gasteiger partial charge in [-0.15, -0.1) is 0 Å². The van der Waals surface area contributed by atoms with Gasteiger partial charge in [-0.25, -0.2) is 4.79 Å². The maximum absolute atomic E-state index is 11.3. The Labute approximate surface area is 106 Å². The smallest absolute Gasteiger partial charge is 0.331 e. The molecule has 0 aliphatic rings. The predicted octanol–water partition coefficient (Wildman–Crippen LogP) is 1.57. The first-order valence-corrected chi connectivity index (χ1v) is 5.51. The summed E-state index contributed by atoms with van der Waals surface area (Å²) in [5.74, 6) is -1.05. The fourth-order valence-corrected chi connectivity index (χ4v) is 1.94. The van der Waals surface area contributed by atoms with Crippen molar-refractivity contribution in [2.75, 3.05) is 7.11 Å². The van der Waals surface area contributed by atoms with E-state index in [2.05, 4.69) is 5.32 Å². The molecule has 0 aliphatic carbocycles. The number of benzene rings is 1. The lowest BCUT2D eigenvalue weighted by Crippen LogP contribution is -2.32. The highest BCUT2D eigenvalue weighted by atomic mass is 16.5. The Morgan fingerprint density at radius 2 is 1.94 bits per heavy atom. The van der Waals surface area contributed by atoms with Gasteiger partial charge in [-0.2, -0.15) is 0 Å². The summed E-state index contributed by atoms with van der Waals surface area (Å²) in [5, 5.41) is 11.6. The first kappa shape index (κ1) is 14.0. The molecule has 0 radical (unpaired) electrons. The second kappa shape index (κ2) is 5.53. The summed E-state index contributed by atoms with van der Waals surface area (Å²) in [7, 11) is 1.48. The van der Waals surface area contributed by atoms with Crippen molar-refractivity contribution in [1.82, 2.24) is 5.32 Å². The molecule has 0 spiro atoms. The summed E-state index contributed by atoms with van der Waals surface area (Å²) in [6, 6.07) is 2.51. The lowest BCUT2D eigenvalue weighted by molar-refractivity contribution is -0.141.